The molecule has 3 aliphatic rings. The number of methoxy groups -OCH3 is 1. The maximum Gasteiger partial charge on any atom is 0.223 e. The van der Waals surface area contributed by atoms with E-state index >= 15 is 0 Å². The summed E-state index contributed by atoms with van der Waals surface area (Å²) in [5.74, 6) is 1.26. The molecule has 1 amide bonds. The number of ether oxygens (including phenoxy) is 1. The maximum absolute atomic E-state index is 14.5. The molecule has 0 bridgehead atoms. The molecule has 2 unspecified atom stereocenters. The second kappa shape index (κ2) is 10.5. The number of aliphatic imine (C=N–C) groups is 1. The molecule has 36 heavy (non-hydrogen) atoms. The lowest BCUT2D eigenvalue weighted by molar-refractivity contribution is -0.132. The summed E-state index contributed by atoms with van der Waals surface area (Å²) in [6, 6.07) is 9.04. The summed E-state index contributed by atoms with van der Waals surface area (Å²) < 4.78 is 19.9. The van der Waals surface area contributed by atoms with Crippen molar-refractivity contribution in [1.82, 2.24) is 14.8 Å². The van der Waals surface area contributed by atoms with Gasteiger partial charge in [0, 0.05) is 62.2 Å². The minimum Gasteiger partial charge on any atom is -0.496 e. The zero-order chi connectivity index (χ0) is 25.2. The van der Waals surface area contributed by atoms with Gasteiger partial charge in [0.2, 0.25) is 5.91 Å². The van der Waals surface area contributed by atoms with Crippen LogP contribution in [0.15, 0.2) is 52.7 Å². The quantitative estimate of drug-likeness (QED) is 0.602. The highest BCUT2D eigenvalue weighted by molar-refractivity contribution is 6.15. The molecule has 0 aliphatic carbocycles. The van der Waals surface area contributed by atoms with Crippen LogP contribution in [0, 0.1) is 24.6 Å². The average molecular weight is 491 g/mol. The van der Waals surface area contributed by atoms with E-state index in [-0.39, 0.29) is 17.6 Å². The molecule has 1 fully saturated rings. The van der Waals surface area contributed by atoms with E-state index in [0.29, 0.717) is 36.7 Å². The van der Waals surface area contributed by atoms with Gasteiger partial charge in [-0.1, -0.05) is 13.0 Å². The lowest BCUT2D eigenvalue weighted by Crippen LogP contribution is -2.43. The van der Waals surface area contributed by atoms with Gasteiger partial charge in [-0.3, -0.25) is 19.7 Å². The molecule has 3 aliphatic heterocycles. The summed E-state index contributed by atoms with van der Waals surface area (Å²) in [6.45, 7) is 8.52. The van der Waals surface area contributed by atoms with Gasteiger partial charge in [0.25, 0.3) is 0 Å². The van der Waals surface area contributed by atoms with Crippen LogP contribution in [-0.2, 0) is 11.3 Å². The van der Waals surface area contributed by atoms with Crippen molar-refractivity contribution in [3.63, 3.8) is 0 Å². The van der Waals surface area contributed by atoms with E-state index in [1.165, 1.54) is 17.2 Å². The third-order valence-electron chi connectivity index (χ3n) is 7.66. The standard InChI is InChI=1S/C29H35FN4O2/c1-19-11-21(16-33(15-19)17-25-26(30)5-4-6-27(25)36-3)13-28(35)34-10-8-23-14-32-29(24(23)18-34)22-7-9-31-20(2)12-22/h4-7,9,12,19,21H,8,10-11,13-18H2,1-3H3. The Kier molecular flexibility index (Phi) is 7.19. The summed E-state index contributed by atoms with van der Waals surface area (Å²) >= 11 is 0. The van der Waals surface area contributed by atoms with Crippen molar-refractivity contribution in [2.24, 2.45) is 16.8 Å². The summed E-state index contributed by atoms with van der Waals surface area (Å²) in [5.41, 5.74) is 6.24. The van der Waals surface area contributed by atoms with E-state index in [0.717, 1.165) is 56.0 Å². The van der Waals surface area contributed by atoms with E-state index in [2.05, 4.69) is 22.9 Å². The number of rotatable bonds is 6. The topological polar surface area (TPSA) is 58.0 Å². The Balaban J connectivity index is 1.23. The summed E-state index contributed by atoms with van der Waals surface area (Å²) in [6.07, 6.45) is 4.25. The van der Waals surface area contributed by atoms with Gasteiger partial charge in [-0.05, 0) is 67.0 Å². The van der Waals surface area contributed by atoms with Crippen LogP contribution in [0.25, 0.3) is 0 Å². The summed E-state index contributed by atoms with van der Waals surface area (Å²) in [4.78, 5) is 26.8. The third-order valence-corrected chi connectivity index (χ3v) is 7.66. The number of hydrogen-bond donors (Lipinski definition) is 0. The number of pyridine rings is 1. The first-order valence-electron chi connectivity index (χ1n) is 12.9. The highest BCUT2D eigenvalue weighted by atomic mass is 19.1. The van der Waals surface area contributed by atoms with Crippen molar-refractivity contribution in [2.45, 2.75) is 39.7 Å². The Bertz CT molecular complexity index is 1210. The Morgan fingerprint density at radius 3 is 2.92 bits per heavy atom. The number of hydrogen-bond acceptors (Lipinski definition) is 5. The van der Waals surface area contributed by atoms with Crippen LogP contribution in [0.2, 0.25) is 0 Å². The SMILES string of the molecule is COc1cccc(F)c1CN1CC(C)CC(CC(=O)N2CCC3=C(C2)C(c2ccnc(C)c2)=NC3)C1. The van der Waals surface area contributed by atoms with E-state index < -0.39 is 0 Å². The van der Waals surface area contributed by atoms with Crippen molar-refractivity contribution in [2.75, 3.05) is 39.8 Å². The lowest BCUT2D eigenvalue weighted by Gasteiger charge is -2.38. The Hall–Kier alpha value is -3.06. The molecule has 2 aromatic rings. The highest BCUT2D eigenvalue weighted by Gasteiger charge is 2.32. The number of likely N-dealkylation sites (tertiary alicyclic amines) is 1. The number of piperidine rings is 1. The molecule has 6 nitrogen and oxygen atoms in total. The average Bonchev–Trinajstić information content (AvgIpc) is 3.28. The second-order valence-corrected chi connectivity index (χ2v) is 10.5. The van der Waals surface area contributed by atoms with Gasteiger partial charge < -0.3 is 9.64 Å². The third kappa shape index (κ3) is 5.21. The summed E-state index contributed by atoms with van der Waals surface area (Å²) in [5, 5.41) is 0. The molecule has 4 heterocycles. The van der Waals surface area contributed by atoms with E-state index in [9.17, 15) is 9.18 Å². The van der Waals surface area contributed by atoms with Crippen LogP contribution in [0.5, 0.6) is 5.75 Å². The number of aromatic nitrogens is 1. The smallest absolute Gasteiger partial charge is 0.223 e. The number of carbonyl (C=O) groups excluding carboxylic acids is 1. The van der Waals surface area contributed by atoms with Crippen molar-refractivity contribution >= 4 is 11.6 Å². The van der Waals surface area contributed by atoms with E-state index in [1.54, 1.807) is 19.2 Å². The monoisotopic (exact) mass is 490 g/mol. The van der Waals surface area contributed by atoms with Gasteiger partial charge in [-0.2, -0.15) is 0 Å². The van der Waals surface area contributed by atoms with Crippen LogP contribution in [0.4, 0.5) is 4.39 Å². The molecular formula is C29H35FN4O2. The molecule has 5 rings (SSSR count). The maximum atomic E-state index is 14.5. The van der Waals surface area contributed by atoms with Crippen LogP contribution in [-0.4, -0.2) is 66.2 Å². The molecule has 0 spiro atoms. The van der Waals surface area contributed by atoms with Gasteiger partial charge in [0.05, 0.1) is 19.4 Å². The number of benzene rings is 1. The van der Waals surface area contributed by atoms with Gasteiger partial charge >= 0.3 is 0 Å². The molecule has 190 valence electrons. The molecule has 0 saturated carbocycles. The Labute approximate surface area is 212 Å². The number of amides is 1. The number of halogens is 1. The minimum atomic E-state index is -0.240. The molecule has 1 aromatic heterocycles. The molecule has 0 radical (unpaired) electrons. The number of aryl methyl sites for hydroxylation is 1. The first-order valence-corrected chi connectivity index (χ1v) is 12.9. The Morgan fingerprint density at radius 2 is 2.11 bits per heavy atom. The van der Waals surface area contributed by atoms with Crippen LogP contribution in [0.1, 0.15) is 43.0 Å². The van der Waals surface area contributed by atoms with Gasteiger partial charge in [-0.15, -0.1) is 0 Å². The highest BCUT2D eigenvalue weighted by Crippen LogP contribution is 2.31. The van der Waals surface area contributed by atoms with Crippen LogP contribution >= 0.6 is 0 Å². The fraction of sp³-hybridized carbons (Fsp3) is 0.483. The molecule has 1 saturated heterocycles. The Morgan fingerprint density at radius 1 is 1.25 bits per heavy atom. The molecular weight excluding hydrogens is 455 g/mol. The van der Waals surface area contributed by atoms with Gasteiger partial charge in [0.15, 0.2) is 0 Å². The molecule has 1 aromatic carbocycles. The van der Waals surface area contributed by atoms with Gasteiger partial charge in [-0.25, -0.2) is 4.39 Å². The molecule has 0 N–H and O–H groups in total. The largest absolute Gasteiger partial charge is 0.496 e. The minimum absolute atomic E-state index is 0.209. The second-order valence-electron chi connectivity index (χ2n) is 10.5. The van der Waals surface area contributed by atoms with E-state index in [1.807, 2.05) is 24.1 Å². The predicted molar refractivity (Wildman–Crippen MR) is 139 cm³/mol. The normalized spacial score (nSPS) is 22.4. The van der Waals surface area contributed by atoms with Crippen molar-refractivity contribution in [1.29, 1.82) is 0 Å². The zero-order valence-corrected chi connectivity index (χ0v) is 21.5. The first-order chi connectivity index (χ1) is 17.4. The fourth-order valence-corrected chi connectivity index (χ4v) is 6.02. The van der Waals surface area contributed by atoms with Crippen molar-refractivity contribution in [3.8, 4) is 5.75 Å². The fourth-order valence-electron chi connectivity index (χ4n) is 6.02. The first kappa shape index (κ1) is 24.6. The van der Waals surface area contributed by atoms with Crippen LogP contribution in [0.3, 0.4) is 0 Å². The molecule has 7 heteroatoms. The summed E-state index contributed by atoms with van der Waals surface area (Å²) in [7, 11) is 1.58. The number of nitrogens with zero attached hydrogens (tertiary/aromatic N) is 4. The number of carbonyl (C=O) groups is 1. The van der Waals surface area contributed by atoms with Crippen LogP contribution < -0.4 is 4.74 Å². The van der Waals surface area contributed by atoms with Gasteiger partial charge in [0.1, 0.15) is 11.6 Å². The predicted octanol–water partition coefficient (Wildman–Crippen LogP) is 4.42. The lowest BCUT2D eigenvalue weighted by atomic mass is 9.87. The zero-order valence-electron chi connectivity index (χ0n) is 21.5. The molecule has 2 atom stereocenters. The van der Waals surface area contributed by atoms with Crippen molar-refractivity contribution < 1.29 is 13.9 Å². The van der Waals surface area contributed by atoms with Crippen molar-refractivity contribution in [3.05, 3.63) is 70.3 Å². The van der Waals surface area contributed by atoms with E-state index in [4.69, 9.17) is 9.73 Å².